The molecule has 2 aromatic rings. The van der Waals surface area contributed by atoms with Crippen molar-refractivity contribution in [2.45, 2.75) is 39.2 Å². The van der Waals surface area contributed by atoms with E-state index in [1.165, 1.54) is 6.42 Å². The molecule has 1 saturated carbocycles. The Morgan fingerprint density at radius 2 is 1.75 bits per heavy atom. The lowest BCUT2D eigenvalue weighted by molar-refractivity contribution is -0.125. The van der Waals surface area contributed by atoms with Crippen LogP contribution in [0, 0.1) is 11.8 Å². The molecule has 1 amide bonds. The zero-order valence-electron chi connectivity index (χ0n) is 16.4. The molecule has 3 rings (SSSR count). The summed E-state index contributed by atoms with van der Waals surface area (Å²) in [6.07, 6.45) is 3.29. The van der Waals surface area contributed by atoms with Gasteiger partial charge < -0.3 is 14.8 Å². The van der Waals surface area contributed by atoms with Crippen molar-refractivity contribution >= 4 is 11.9 Å². The number of carbonyl (C=O) groups is 2. The molecule has 3 atom stereocenters. The molecule has 0 saturated heterocycles. The van der Waals surface area contributed by atoms with E-state index in [9.17, 15) is 9.59 Å². The van der Waals surface area contributed by atoms with Gasteiger partial charge in [-0.25, -0.2) is 4.79 Å². The summed E-state index contributed by atoms with van der Waals surface area (Å²) in [5.41, 5.74) is 0.348. The predicted molar refractivity (Wildman–Crippen MR) is 107 cm³/mol. The molecule has 1 N–H and O–H groups in total. The SMILES string of the molecule is C[C@H]1[C@H](C)CCC[C@H]1NC(=O)COC(=O)c1cccc(Oc2ccccc2)c1. The van der Waals surface area contributed by atoms with Crippen LogP contribution in [-0.4, -0.2) is 24.5 Å². The Kier molecular flexibility index (Phi) is 6.69. The number of amides is 1. The molecule has 0 aliphatic heterocycles. The number of rotatable bonds is 6. The Bertz CT molecular complexity index is 805. The van der Waals surface area contributed by atoms with Crippen molar-refractivity contribution in [1.82, 2.24) is 5.32 Å². The van der Waals surface area contributed by atoms with Crippen molar-refractivity contribution in [2.75, 3.05) is 6.61 Å². The van der Waals surface area contributed by atoms with Crippen molar-refractivity contribution in [3.8, 4) is 11.5 Å². The molecule has 5 heteroatoms. The van der Waals surface area contributed by atoms with Crippen LogP contribution in [-0.2, 0) is 9.53 Å². The van der Waals surface area contributed by atoms with Crippen molar-refractivity contribution in [3.63, 3.8) is 0 Å². The lowest BCUT2D eigenvalue weighted by Crippen LogP contribution is -2.45. The third-order valence-electron chi connectivity index (χ3n) is 5.44. The van der Waals surface area contributed by atoms with Gasteiger partial charge in [0.1, 0.15) is 11.5 Å². The summed E-state index contributed by atoms with van der Waals surface area (Å²) < 4.78 is 10.9. The van der Waals surface area contributed by atoms with E-state index in [2.05, 4.69) is 19.2 Å². The molecule has 28 heavy (non-hydrogen) atoms. The standard InChI is InChI=1S/C23H27NO4/c1-16-8-6-13-21(17(16)2)24-22(25)15-27-23(26)18-9-7-12-20(14-18)28-19-10-4-3-5-11-19/h3-5,7,9-12,14,16-17,21H,6,8,13,15H2,1-2H3,(H,24,25)/t16-,17+,21-/m1/s1. The van der Waals surface area contributed by atoms with E-state index in [0.29, 0.717) is 28.9 Å². The highest BCUT2D eigenvalue weighted by Gasteiger charge is 2.28. The van der Waals surface area contributed by atoms with Crippen molar-refractivity contribution in [2.24, 2.45) is 11.8 Å². The van der Waals surface area contributed by atoms with Gasteiger partial charge in [0.05, 0.1) is 5.56 Å². The normalized spacial score (nSPS) is 21.6. The van der Waals surface area contributed by atoms with Gasteiger partial charge in [0.25, 0.3) is 5.91 Å². The number of hydrogen-bond donors (Lipinski definition) is 1. The number of benzene rings is 2. The maximum absolute atomic E-state index is 12.3. The first-order valence-corrected chi connectivity index (χ1v) is 9.82. The van der Waals surface area contributed by atoms with Gasteiger partial charge in [0, 0.05) is 6.04 Å². The summed E-state index contributed by atoms with van der Waals surface area (Å²) in [5, 5.41) is 3.01. The summed E-state index contributed by atoms with van der Waals surface area (Å²) in [4.78, 5) is 24.5. The molecule has 0 bridgehead atoms. The second-order valence-corrected chi connectivity index (χ2v) is 7.46. The summed E-state index contributed by atoms with van der Waals surface area (Å²) in [7, 11) is 0. The number of esters is 1. The summed E-state index contributed by atoms with van der Waals surface area (Å²) >= 11 is 0. The monoisotopic (exact) mass is 381 g/mol. The maximum atomic E-state index is 12.3. The van der Waals surface area contributed by atoms with Crippen LogP contribution < -0.4 is 10.1 Å². The topological polar surface area (TPSA) is 64.6 Å². The Labute approximate surface area is 166 Å². The van der Waals surface area contributed by atoms with E-state index in [1.807, 2.05) is 30.3 Å². The smallest absolute Gasteiger partial charge is 0.338 e. The minimum atomic E-state index is -0.543. The highest BCUT2D eigenvalue weighted by atomic mass is 16.5. The van der Waals surface area contributed by atoms with E-state index in [-0.39, 0.29) is 18.6 Å². The first-order chi connectivity index (χ1) is 13.5. The molecule has 5 nitrogen and oxygen atoms in total. The Hall–Kier alpha value is -2.82. The Morgan fingerprint density at radius 3 is 2.54 bits per heavy atom. The van der Waals surface area contributed by atoms with Gasteiger partial charge in [-0.05, 0) is 48.6 Å². The molecular weight excluding hydrogens is 354 g/mol. The van der Waals surface area contributed by atoms with Gasteiger partial charge in [0.15, 0.2) is 6.61 Å². The van der Waals surface area contributed by atoms with E-state index in [1.54, 1.807) is 24.3 Å². The van der Waals surface area contributed by atoms with Crippen LogP contribution in [0.25, 0.3) is 0 Å². The van der Waals surface area contributed by atoms with Crippen LogP contribution in [0.1, 0.15) is 43.5 Å². The minimum absolute atomic E-state index is 0.151. The fourth-order valence-corrected chi connectivity index (χ4v) is 3.56. The third-order valence-corrected chi connectivity index (χ3v) is 5.44. The zero-order valence-corrected chi connectivity index (χ0v) is 16.4. The number of para-hydroxylation sites is 1. The molecule has 0 radical (unpaired) electrons. The molecule has 0 heterocycles. The van der Waals surface area contributed by atoms with Crippen molar-refractivity contribution < 1.29 is 19.1 Å². The average molecular weight is 381 g/mol. The quantitative estimate of drug-likeness (QED) is 0.744. The molecule has 148 valence electrons. The number of hydrogen-bond acceptors (Lipinski definition) is 4. The van der Waals surface area contributed by atoms with E-state index in [4.69, 9.17) is 9.47 Å². The highest BCUT2D eigenvalue weighted by Crippen LogP contribution is 2.29. The maximum Gasteiger partial charge on any atom is 0.338 e. The van der Waals surface area contributed by atoms with Crippen LogP contribution in [0.5, 0.6) is 11.5 Å². The fraction of sp³-hybridized carbons (Fsp3) is 0.391. The van der Waals surface area contributed by atoms with Crippen LogP contribution in [0.2, 0.25) is 0 Å². The van der Waals surface area contributed by atoms with Crippen LogP contribution in [0.15, 0.2) is 54.6 Å². The third kappa shape index (κ3) is 5.35. The van der Waals surface area contributed by atoms with E-state index < -0.39 is 5.97 Å². The number of nitrogens with one attached hydrogen (secondary N) is 1. The Morgan fingerprint density at radius 1 is 1.00 bits per heavy atom. The molecule has 2 aromatic carbocycles. The van der Waals surface area contributed by atoms with Gasteiger partial charge >= 0.3 is 5.97 Å². The summed E-state index contributed by atoms with van der Waals surface area (Å²) in [6.45, 7) is 4.10. The zero-order chi connectivity index (χ0) is 19.9. The minimum Gasteiger partial charge on any atom is -0.457 e. The molecule has 1 fully saturated rings. The molecule has 1 aliphatic rings. The van der Waals surface area contributed by atoms with Crippen LogP contribution in [0.3, 0.4) is 0 Å². The second-order valence-electron chi connectivity index (χ2n) is 7.46. The highest BCUT2D eigenvalue weighted by molar-refractivity contribution is 5.91. The van der Waals surface area contributed by atoms with Gasteiger partial charge in [-0.15, -0.1) is 0 Å². The second kappa shape index (κ2) is 9.40. The molecule has 0 aromatic heterocycles. The molecule has 1 aliphatic carbocycles. The van der Waals surface area contributed by atoms with Gasteiger partial charge in [-0.2, -0.15) is 0 Å². The molecule has 0 spiro atoms. The fourth-order valence-electron chi connectivity index (χ4n) is 3.56. The van der Waals surface area contributed by atoms with Crippen molar-refractivity contribution in [3.05, 3.63) is 60.2 Å². The molecule has 0 unspecified atom stereocenters. The first-order valence-electron chi connectivity index (χ1n) is 9.82. The largest absolute Gasteiger partial charge is 0.457 e. The Balaban J connectivity index is 1.52. The van der Waals surface area contributed by atoms with Crippen LogP contribution in [0.4, 0.5) is 0 Å². The van der Waals surface area contributed by atoms with Crippen LogP contribution >= 0.6 is 0 Å². The average Bonchev–Trinajstić information content (AvgIpc) is 2.70. The lowest BCUT2D eigenvalue weighted by Gasteiger charge is -2.34. The van der Waals surface area contributed by atoms with Gasteiger partial charge in [0.2, 0.25) is 0 Å². The predicted octanol–water partition coefficient (Wildman–Crippen LogP) is 4.58. The molecular formula is C23H27NO4. The lowest BCUT2D eigenvalue weighted by atomic mass is 9.78. The van der Waals surface area contributed by atoms with E-state index in [0.717, 1.165) is 12.8 Å². The first kappa shape index (κ1) is 19.9. The summed E-state index contributed by atoms with van der Waals surface area (Å²) in [5.74, 6) is 1.45. The van der Waals surface area contributed by atoms with Crippen molar-refractivity contribution in [1.29, 1.82) is 0 Å². The van der Waals surface area contributed by atoms with E-state index >= 15 is 0 Å². The van der Waals surface area contributed by atoms with Gasteiger partial charge in [-0.1, -0.05) is 51.0 Å². The summed E-state index contributed by atoms with van der Waals surface area (Å²) in [6, 6.07) is 16.2. The van der Waals surface area contributed by atoms with Gasteiger partial charge in [-0.3, -0.25) is 4.79 Å². The number of ether oxygens (including phenoxy) is 2. The number of carbonyl (C=O) groups excluding carboxylic acids is 2.